The summed E-state index contributed by atoms with van der Waals surface area (Å²) >= 11 is 0. The Morgan fingerprint density at radius 2 is 1.40 bits per heavy atom. The zero-order chi connectivity index (χ0) is 13.9. The Morgan fingerprint density at radius 1 is 0.750 bits per heavy atom. The molecule has 0 saturated carbocycles. The predicted octanol–water partition coefficient (Wildman–Crippen LogP) is 4.73. The summed E-state index contributed by atoms with van der Waals surface area (Å²) in [4.78, 5) is 0. The van der Waals surface area contributed by atoms with Gasteiger partial charge in [-0.3, -0.25) is 0 Å². The lowest BCUT2D eigenvalue weighted by atomic mass is 9.82. The number of benzene rings is 3. The normalized spacial score (nSPS) is 15.1. The zero-order valence-corrected chi connectivity index (χ0v) is 11.8. The highest BCUT2D eigenvalue weighted by Gasteiger charge is 2.35. The van der Waals surface area contributed by atoms with Gasteiger partial charge in [-0.2, -0.15) is 0 Å². The lowest BCUT2D eigenvalue weighted by Gasteiger charge is -2.22. The molecular formula is C19H17N. The van der Waals surface area contributed by atoms with Gasteiger partial charge >= 0.3 is 0 Å². The number of nitrogen functional groups attached to an aromatic ring is 1. The van der Waals surface area contributed by atoms with Gasteiger partial charge in [0.15, 0.2) is 0 Å². The Balaban J connectivity index is 2.12. The van der Waals surface area contributed by atoms with Crippen LogP contribution in [-0.2, 0) is 5.41 Å². The third kappa shape index (κ3) is 1.38. The van der Waals surface area contributed by atoms with E-state index >= 15 is 0 Å². The molecule has 0 bridgehead atoms. The van der Waals surface area contributed by atoms with Crippen molar-refractivity contribution in [2.75, 3.05) is 5.73 Å². The van der Waals surface area contributed by atoms with E-state index in [9.17, 15) is 0 Å². The summed E-state index contributed by atoms with van der Waals surface area (Å²) in [5, 5.41) is 2.60. The van der Waals surface area contributed by atoms with Crippen molar-refractivity contribution in [3.63, 3.8) is 0 Å². The van der Waals surface area contributed by atoms with Crippen LogP contribution in [0.2, 0.25) is 0 Å². The van der Waals surface area contributed by atoms with Crippen LogP contribution in [0.1, 0.15) is 25.0 Å². The second-order valence-electron chi connectivity index (χ2n) is 6.17. The Labute approximate surface area is 119 Å². The molecule has 0 unspecified atom stereocenters. The predicted molar refractivity (Wildman–Crippen MR) is 85.9 cm³/mol. The van der Waals surface area contributed by atoms with Gasteiger partial charge in [0.1, 0.15) is 0 Å². The quantitative estimate of drug-likeness (QED) is 0.580. The summed E-state index contributed by atoms with van der Waals surface area (Å²) < 4.78 is 0. The first-order valence-corrected chi connectivity index (χ1v) is 7.01. The highest BCUT2D eigenvalue weighted by molar-refractivity contribution is 5.93. The van der Waals surface area contributed by atoms with Crippen molar-refractivity contribution in [1.82, 2.24) is 0 Å². The summed E-state index contributed by atoms with van der Waals surface area (Å²) in [7, 11) is 0. The van der Waals surface area contributed by atoms with Crippen LogP contribution in [-0.4, -0.2) is 0 Å². The summed E-state index contributed by atoms with van der Waals surface area (Å²) in [6, 6.07) is 19.5. The van der Waals surface area contributed by atoms with E-state index in [-0.39, 0.29) is 5.41 Å². The molecule has 1 nitrogen and oxygen atoms in total. The van der Waals surface area contributed by atoms with Crippen molar-refractivity contribution in [3.05, 3.63) is 65.7 Å². The fourth-order valence-electron chi connectivity index (χ4n) is 3.44. The molecule has 98 valence electrons. The van der Waals surface area contributed by atoms with E-state index < -0.39 is 0 Å². The second kappa shape index (κ2) is 3.63. The molecule has 0 heterocycles. The lowest BCUT2D eigenvalue weighted by Crippen LogP contribution is -2.15. The molecule has 3 aromatic rings. The van der Waals surface area contributed by atoms with Crippen LogP contribution in [0.15, 0.2) is 54.6 Å². The van der Waals surface area contributed by atoms with Gasteiger partial charge in [0.2, 0.25) is 0 Å². The van der Waals surface area contributed by atoms with E-state index in [1.54, 1.807) is 0 Å². The Hall–Kier alpha value is -2.28. The number of fused-ring (bicyclic) bond motifs is 4. The standard InChI is InChI=1S/C19H17N/c1-19(2)17-10-13-6-4-3-5-12(13)9-16(17)15-8-7-14(20)11-18(15)19/h3-11H,20H2,1-2H3. The topological polar surface area (TPSA) is 26.0 Å². The maximum atomic E-state index is 5.99. The maximum absolute atomic E-state index is 5.99. The molecule has 0 spiro atoms. The summed E-state index contributed by atoms with van der Waals surface area (Å²) in [5.41, 5.74) is 12.3. The van der Waals surface area contributed by atoms with Gasteiger partial charge in [-0.25, -0.2) is 0 Å². The minimum atomic E-state index is 0.0179. The minimum Gasteiger partial charge on any atom is -0.399 e. The van der Waals surface area contributed by atoms with Gasteiger partial charge < -0.3 is 5.73 Å². The molecule has 3 aromatic carbocycles. The molecule has 0 amide bonds. The van der Waals surface area contributed by atoms with Crippen LogP contribution in [0.3, 0.4) is 0 Å². The van der Waals surface area contributed by atoms with E-state index in [2.05, 4.69) is 62.4 Å². The van der Waals surface area contributed by atoms with E-state index in [1.165, 1.54) is 33.0 Å². The molecule has 0 saturated heterocycles. The molecular weight excluding hydrogens is 242 g/mol. The first kappa shape index (κ1) is 11.5. The first-order valence-electron chi connectivity index (χ1n) is 7.01. The number of hydrogen-bond acceptors (Lipinski definition) is 1. The Kier molecular flexibility index (Phi) is 2.10. The van der Waals surface area contributed by atoms with Crippen molar-refractivity contribution in [2.24, 2.45) is 0 Å². The van der Waals surface area contributed by atoms with E-state index in [1.807, 2.05) is 6.07 Å². The van der Waals surface area contributed by atoms with Crippen molar-refractivity contribution in [1.29, 1.82) is 0 Å². The van der Waals surface area contributed by atoms with Gasteiger partial charge in [-0.1, -0.05) is 44.2 Å². The average Bonchev–Trinajstić information content (AvgIpc) is 2.65. The van der Waals surface area contributed by atoms with Crippen molar-refractivity contribution in [2.45, 2.75) is 19.3 Å². The highest BCUT2D eigenvalue weighted by atomic mass is 14.5. The molecule has 0 radical (unpaired) electrons. The third-order valence-corrected chi connectivity index (χ3v) is 4.57. The van der Waals surface area contributed by atoms with Crippen LogP contribution in [0.4, 0.5) is 5.69 Å². The average molecular weight is 259 g/mol. The van der Waals surface area contributed by atoms with Crippen LogP contribution in [0.25, 0.3) is 21.9 Å². The third-order valence-electron chi connectivity index (χ3n) is 4.57. The van der Waals surface area contributed by atoms with Crippen LogP contribution < -0.4 is 5.73 Å². The zero-order valence-electron chi connectivity index (χ0n) is 11.8. The number of rotatable bonds is 0. The monoisotopic (exact) mass is 259 g/mol. The summed E-state index contributed by atoms with van der Waals surface area (Å²) in [5.74, 6) is 0. The van der Waals surface area contributed by atoms with E-state index in [0.29, 0.717) is 0 Å². The second-order valence-corrected chi connectivity index (χ2v) is 6.17. The Morgan fingerprint density at radius 3 is 2.15 bits per heavy atom. The molecule has 2 N–H and O–H groups in total. The largest absolute Gasteiger partial charge is 0.399 e. The molecule has 0 atom stereocenters. The Bertz CT molecular complexity index is 844. The molecule has 20 heavy (non-hydrogen) atoms. The van der Waals surface area contributed by atoms with Gasteiger partial charge in [0.25, 0.3) is 0 Å². The molecule has 1 heteroatoms. The highest BCUT2D eigenvalue weighted by Crippen LogP contribution is 2.50. The lowest BCUT2D eigenvalue weighted by molar-refractivity contribution is 0.661. The fraction of sp³-hybridized carbons (Fsp3) is 0.158. The van der Waals surface area contributed by atoms with Crippen molar-refractivity contribution in [3.8, 4) is 11.1 Å². The van der Waals surface area contributed by atoms with Crippen LogP contribution >= 0.6 is 0 Å². The molecule has 0 aliphatic heterocycles. The molecule has 4 rings (SSSR count). The van der Waals surface area contributed by atoms with Gasteiger partial charge in [0.05, 0.1) is 0 Å². The molecule has 1 aliphatic carbocycles. The van der Waals surface area contributed by atoms with Crippen molar-refractivity contribution >= 4 is 16.5 Å². The van der Waals surface area contributed by atoms with Crippen LogP contribution in [0.5, 0.6) is 0 Å². The van der Waals surface area contributed by atoms with E-state index in [4.69, 9.17) is 5.73 Å². The molecule has 0 aromatic heterocycles. The van der Waals surface area contributed by atoms with Crippen molar-refractivity contribution < 1.29 is 0 Å². The smallest absolute Gasteiger partial charge is 0.0317 e. The van der Waals surface area contributed by atoms with Gasteiger partial charge in [-0.05, 0) is 57.3 Å². The SMILES string of the molecule is CC1(C)c2cc(N)ccc2-c2cc3ccccc3cc21. The summed E-state index contributed by atoms with van der Waals surface area (Å²) in [6.45, 7) is 4.57. The fourth-order valence-corrected chi connectivity index (χ4v) is 3.44. The van der Waals surface area contributed by atoms with Gasteiger partial charge in [-0.15, -0.1) is 0 Å². The van der Waals surface area contributed by atoms with E-state index in [0.717, 1.165) is 5.69 Å². The minimum absolute atomic E-state index is 0.0179. The number of hydrogen-bond donors (Lipinski definition) is 1. The molecule has 1 aliphatic rings. The van der Waals surface area contributed by atoms with Crippen LogP contribution in [0, 0.1) is 0 Å². The van der Waals surface area contributed by atoms with Gasteiger partial charge in [0, 0.05) is 11.1 Å². The number of nitrogens with two attached hydrogens (primary N) is 1. The maximum Gasteiger partial charge on any atom is 0.0317 e. The molecule has 0 fully saturated rings. The first-order chi connectivity index (χ1) is 9.57. The summed E-state index contributed by atoms with van der Waals surface area (Å²) in [6.07, 6.45) is 0. The number of anilines is 1.